The van der Waals surface area contributed by atoms with Gasteiger partial charge < -0.3 is 14.8 Å². The van der Waals surface area contributed by atoms with E-state index in [0.29, 0.717) is 5.56 Å². The minimum absolute atomic E-state index is 0.285. The highest BCUT2D eigenvalue weighted by molar-refractivity contribution is 5.93. The van der Waals surface area contributed by atoms with Crippen LogP contribution in [0.3, 0.4) is 0 Å². The lowest BCUT2D eigenvalue weighted by Crippen LogP contribution is -2.37. The van der Waals surface area contributed by atoms with Gasteiger partial charge in [0.05, 0.1) is 5.56 Å². The van der Waals surface area contributed by atoms with Crippen molar-refractivity contribution in [3.8, 4) is 0 Å². The molecular weight excluding hydrogens is 184 g/mol. The van der Waals surface area contributed by atoms with Gasteiger partial charge in [-0.3, -0.25) is 9.78 Å². The third-order valence-electron chi connectivity index (χ3n) is 1.60. The molecule has 1 amide bonds. The van der Waals surface area contributed by atoms with Crippen molar-refractivity contribution in [1.29, 1.82) is 0 Å². The van der Waals surface area contributed by atoms with Crippen molar-refractivity contribution in [2.24, 2.45) is 0 Å². The Labute approximate surface area is 82.0 Å². The van der Waals surface area contributed by atoms with Crippen LogP contribution in [0.2, 0.25) is 0 Å². The fraction of sp³-hybridized carbons (Fsp3) is 0.333. The molecule has 1 aromatic rings. The summed E-state index contributed by atoms with van der Waals surface area (Å²) in [6.45, 7) is 0. The molecule has 0 spiro atoms. The Morgan fingerprint density at radius 2 is 2.21 bits per heavy atom. The zero-order valence-corrected chi connectivity index (χ0v) is 8.06. The summed E-state index contributed by atoms with van der Waals surface area (Å²) in [7, 11) is 2.88. The normalized spacial score (nSPS) is 10.2. The second-order valence-corrected chi connectivity index (χ2v) is 2.52. The molecule has 0 fully saturated rings. The van der Waals surface area contributed by atoms with Crippen molar-refractivity contribution < 1.29 is 14.3 Å². The van der Waals surface area contributed by atoms with Crippen LogP contribution in [0, 0.1) is 0 Å². The van der Waals surface area contributed by atoms with Crippen LogP contribution in [-0.2, 0) is 9.47 Å². The van der Waals surface area contributed by atoms with Gasteiger partial charge in [0.2, 0.25) is 6.41 Å². The molecule has 76 valence electrons. The first kappa shape index (κ1) is 10.6. The number of hydrogen-bond donors (Lipinski definition) is 1. The number of amides is 1. The first-order valence-electron chi connectivity index (χ1n) is 4.04. The van der Waals surface area contributed by atoms with E-state index in [9.17, 15) is 4.79 Å². The number of ether oxygens (including phenoxy) is 2. The van der Waals surface area contributed by atoms with Gasteiger partial charge in [-0.15, -0.1) is 0 Å². The molecule has 5 heteroatoms. The molecule has 0 aliphatic carbocycles. The number of rotatable bonds is 4. The molecule has 1 aromatic heterocycles. The molecule has 0 atom stereocenters. The summed E-state index contributed by atoms with van der Waals surface area (Å²) in [5, 5.41) is 2.51. The van der Waals surface area contributed by atoms with Crippen LogP contribution in [0.5, 0.6) is 0 Å². The number of carbonyl (C=O) groups is 1. The zero-order chi connectivity index (χ0) is 10.4. The summed E-state index contributed by atoms with van der Waals surface area (Å²) in [5.41, 5.74) is 0.464. The number of nitrogens with one attached hydrogen (secondary N) is 1. The van der Waals surface area contributed by atoms with Crippen LogP contribution >= 0.6 is 0 Å². The molecule has 1 N–H and O–H groups in total. The predicted molar refractivity (Wildman–Crippen MR) is 49.5 cm³/mol. The lowest BCUT2D eigenvalue weighted by Gasteiger charge is -2.14. The van der Waals surface area contributed by atoms with E-state index < -0.39 is 6.41 Å². The maximum absolute atomic E-state index is 11.5. The molecule has 0 aliphatic heterocycles. The second kappa shape index (κ2) is 5.31. The van der Waals surface area contributed by atoms with Gasteiger partial charge in [-0.25, -0.2) is 0 Å². The topological polar surface area (TPSA) is 60.5 Å². The maximum Gasteiger partial charge on any atom is 0.256 e. The summed E-state index contributed by atoms with van der Waals surface area (Å²) < 4.78 is 9.63. The van der Waals surface area contributed by atoms with E-state index in [1.54, 1.807) is 18.3 Å². The van der Waals surface area contributed by atoms with Gasteiger partial charge in [-0.05, 0) is 12.1 Å². The minimum atomic E-state index is -0.734. The average molecular weight is 196 g/mol. The largest absolute Gasteiger partial charge is 0.339 e. The van der Waals surface area contributed by atoms with Gasteiger partial charge in [0, 0.05) is 26.6 Å². The average Bonchev–Trinajstić information content (AvgIpc) is 2.26. The second-order valence-electron chi connectivity index (χ2n) is 2.52. The Morgan fingerprint density at radius 1 is 1.50 bits per heavy atom. The van der Waals surface area contributed by atoms with Gasteiger partial charge in [-0.2, -0.15) is 0 Å². The lowest BCUT2D eigenvalue weighted by molar-refractivity contribution is -0.115. The SMILES string of the molecule is COC(NC(=O)c1cccnc1)OC. The van der Waals surface area contributed by atoms with E-state index in [2.05, 4.69) is 10.3 Å². The first-order chi connectivity index (χ1) is 6.77. The molecule has 0 bridgehead atoms. The summed E-state index contributed by atoms with van der Waals surface area (Å²) >= 11 is 0. The highest BCUT2D eigenvalue weighted by Gasteiger charge is 2.11. The Morgan fingerprint density at radius 3 is 2.71 bits per heavy atom. The summed E-state index contributed by atoms with van der Waals surface area (Å²) in [6.07, 6.45) is 2.33. The smallest absolute Gasteiger partial charge is 0.256 e. The Balaban J connectivity index is 2.59. The standard InChI is InChI=1S/C9H12N2O3/c1-13-9(14-2)11-8(12)7-4-3-5-10-6-7/h3-6,9H,1-2H3,(H,11,12). The summed E-state index contributed by atoms with van der Waals surface area (Å²) in [5.74, 6) is -0.285. The van der Waals surface area contributed by atoms with Gasteiger partial charge >= 0.3 is 0 Å². The van der Waals surface area contributed by atoms with Gasteiger partial charge in [0.1, 0.15) is 0 Å². The van der Waals surface area contributed by atoms with Crippen LogP contribution in [0.15, 0.2) is 24.5 Å². The van der Waals surface area contributed by atoms with E-state index in [1.807, 2.05) is 0 Å². The van der Waals surface area contributed by atoms with Crippen molar-refractivity contribution in [3.63, 3.8) is 0 Å². The monoisotopic (exact) mass is 196 g/mol. The molecule has 0 radical (unpaired) electrons. The molecule has 5 nitrogen and oxygen atoms in total. The Bertz CT molecular complexity index is 285. The number of carbonyl (C=O) groups excluding carboxylic acids is 1. The quantitative estimate of drug-likeness (QED) is 0.707. The maximum atomic E-state index is 11.5. The van der Waals surface area contributed by atoms with Crippen LogP contribution in [-0.4, -0.2) is 31.5 Å². The fourth-order valence-electron chi connectivity index (χ4n) is 0.902. The number of hydrogen-bond acceptors (Lipinski definition) is 4. The van der Waals surface area contributed by atoms with Crippen LogP contribution in [0.25, 0.3) is 0 Å². The molecule has 0 unspecified atom stereocenters. The highest BCUT2D eigenvalue weighted by Crippen LogP contribution is 1.96. The molecule has 0 aromatic carbocycles. The van der Waals surface area contributed by atoms with E-state index in [-0.39, 0.29) is 5.91 Å². The van der Waals surface area contributed by atoms with E-state index >= 15 is 0 Å². The lowest BCUT2D eigenvalue weighted by atomic mass is 10.3. The third-order valence-corrected chi connectivity index (χ3v) is 1.60. The molecule has 0 saturated heterocycles. The van der Waals surface area contributed by atoms with Crippen LogP contribution in [0.1, 0.15) is 10.4 Å². The molecule has 0 saturated carbocycles. The van der Waals surface area contributed by atoms with Crippen LogP contribution < -0.4 is 5.32 Å². The molecule has 1 heterocycles. The number of methoxy groups -OCH3 is 2. The van der Waals surface area contributed by atoms with E-state index in [1.165, 1.54) is 20.4 Å². The number of pyridine rings is 1. The fourth-order valence-corrected chi connectivity index (χ4v) is 0.902. The molecule has 1 rings (SSSR count). The van der Waals surface area contributed by atoms with Crippen LogP contribution in [0.4, 0.5) is 0 Å². The summed E-state index contributed by atoms with van der Waals surface area (Å²) in [4.78, 5) is 15.3. The van der Waals surface area contributed by atoms with E-state index in [0.717, 1.165) is 0 Å². The Kier molecular flexibility index (Phi) is 4.03. The molecular formula is C9H12N2O3. The van der Waals surface area contributed by atoms with Crippen molar-refractivity contribution >= 4 is 5.91 Å². The Hall–Kier alpha value is -1.46. The van der Waals surface area contributed by atoms with Crippen molar-refractivity contribution in [2.45, 2.75) is 6.41 Å². The third kappa shape index (κ3) is 2.79. The van der Waals surface area contributed by atoms with E-state index in [4.69, 9.17) is 9.47 Å². The first-order valence-corrected chi connectivity index (χ1v) is 4.04. The zero-order valence-electron chi connectivity index (χ0n) is 8.06. The highest BCUT2D eigenvalue weighted by atomic mass is 16.7. The molecule has 0 aliphatic rings. The van der Waals surface area contributed by atoms with Gasteiger partial charge in [0.15, 0.2) is 0 Å². The minimum Gasteiger partial charge on any atom is -0.339 e. The predicted octanol–water partition coefficient (Wildman–Crippen LogP) is 0.388. The van der Waals surface area contributed by atoms with Crippen molar-refractivity contribution in [3.05, 3.63) is 30.1 Å². The number of aromatic nitrogens is 1. The van der Waals surface area contributed by atoms with Crippen molar-refractivity contribution in [2.75, 3.05) is 14.2 Å². The van der Waals surface area contributed by atoms with Crippen molar-refractivity contribution in [1.82, 2.24) is 10.3 Å². The summed E-state index contributed by atoms with van der Waals surface area (Å²) in [6, 6.07) is 3.34. The van der Waals surface area contributed by atoms with Gasteiger partial charge in [-0.1, -0.05) is 0 Å². The number of nitrogens with zero attached hydrogens (tertiary/aromatic N) is 1. The molecule has 14 heavy (non-hydrogen) atoms. The van der Waals surface area contributed by atoms with Gasteiger partial charge in [0.25, 0.3) is 5.91 Å².